The zero-order valence-corrected chi connectivity index (χ0v) is 15.9. The second-order valence-corrected chi connectivity index (χ2v) is 7.15. The first kappa shape index (κ1) is 18.8. The van der Waals surface area contributed by atoms with Crippen LogP contribution in [0.2, 0.25) is 0 Å². The molecule has 1 saturated heterocycles. The fraction of sp³-hybridized carbons (Fsp3) is 0.650. The predicted octanol–water partition coefficient (Wildman–Crippen LogP) is 3.34. The molecular formula is C20H30N2O4. The average Bonchev–Trinajstić information content (AvgIpc) is 2.89. The molecule has 1 fully saturated rings. The first-order valence-electron chi connectivity index (χ1n) is 9.61. The summed E-state index contributed by atoms with van der Waals surface area (Å²) in [6.45, 7) is 5.35. The van der Waals surface area contributed by atoms with Crippen molar-refractivity contribution in [2.75, 3.05) is 33.5 Å². The topological polar surface area (TPSA) is 60.0 Å². The number of fused-ring (bicyclic) bond motifs is 1. The summed E-state index contributed by atoms with van der Waals surface area (Å²) in [6, 6.07) is 5.84. The van der Waals surface area contributed by atoms with Crippen LogP contribution in [-0.2, 0) is 11.3 Å². The SMILES string of the molecule is CCCC1(COC)CCCN1C(=O)NCc1ccc2c(c1)OCCCO2. The van der Waals surface area contributed by atoms with Gasteiger partial charge in [-0.3, -0.25) is 0 Å². The van der Waals surface area contributed by atoms with Gasteiger partial charge < -0.3 is 24.4 Å². The largest absolute Gasteiger partial charge is 0.490 e. The van der Waals surface area contributed by atoms with Gasteiger partial charge in [0.15, 0.2) is 11.5 Å². The van der Waals surface area contributed by atoms with Crippen molar-refractivity contribution >= 4 is 6.03 Å². The van der Waals surface area contributed by atoms with Gasteiger partial charge in [-0.25, -0.2) is 4.79 Å². The number of rotatable bonds is 6. The van der Waals surface area contributed by atoms with Crippen LogP contribution in [-0.4, -0.2) is 49.9 Å². The van der Waals surface area contributed by atoms with Crippen molar-refractivity contribution in [3.63, 3.8) is 0 Å². The van der Waals surface area contributed by atoms with Crippen molar-refractivity contribution in [2.45, 2.75) is 51.1 Å². The minimum absolute atomic E-state index is 0.0138. The Balaban J connectivity index is 1.64. The molecule has 0 spiro atoms. The van der Waals surface area contributed by atoms with Crippen molar-refractivity contribution in [1.29, 1.82) is 0 Å². The highest BCUT2D eigenvalue weighted by Gasteiger charge is 2.42. The summed E-state index contributed by atoms with van der Waals surface area (Å²) in [7, 11) is 1.71. The van der Waals surface area contributed by atoms with Crippen LogP contribution < -0.4 is 14.8 Å². The third-order valence-corrected chi connectivity index (χ3v) is 5.23. The highest BCUT2D eigenvalue weighted by atomic mass is 16.5. The molecule has 0 aliphatic carbocycles. The molecule has 0 aromatic heterocycles. The number of benzene rings is 1. The van der Waals surface area contributed by atoms with Crippen LogP contribution in [0.1, 0.15) is 44.6 Å². The van der Waals surface area contributed by atoms with Crippen LogP contribution >= 0.6 is 0 Å². The van der Waals surface area contributed by atoms with Crippen molar-refractivity contribution in [3.05, 3.63) is 23.8 Å². The number of nitrogens with one attached hydrogen (secondary N) is 1. The van der Waals surface area contributed by atoms with E-state index < -0.39 is 0 Å². The van der Waals surface area contributed by atoms with Crippen molar-refractivity contribution < 1.29 is 19.0 Å². The van der Waals surface area contributed by atoms with Gasteiger partial charge in [0, 0.05) is 26.6 Å². The molecule has 1 aromatic rings. The van der Waals surface area contributed by atoms with Gasteiger partial charge in [-0.05, 0) is 37.0 Å². The van der Waals surface area contributed by atoms with Gasteiger partial charge >= 0.3 is 6.03 Å². The van der Waals surface area contributed by atoms with E-state index in [-0.39, 0.29) is 11.6 Å². The van der Waals surface area contributed by atoms with Crippen LogP contribution in [0.15, 0.2) is 18.2 Å². The fourth-order valence-corrected chi connectivity index (χ4v) is 4.06. The molecule has 2 aliphatic heterocycles. The molecule has 1 aromatic carbocycles. The second-order valence-electron chi connectivity index (χ2n) is 7.15. The summed E-state index contributed by atoms with van der Waals surface area (Å²) in [5, 5.41) is 3.07. The number of methoxy groups -OCH3 is 1. The molecule has 6 nitrogen and oxygen atoms in total. The molecule has 1 unspecified atom stereocenters. The maximum atomic E-state index is 12.8. The van der Waals surface area contributed by atoms with E-state index in [1.165, 1.54) is 0 Å². The normalized spacial score (nSPS) is 22.2. The lowest BCUT2D eigenvalue weighted by molar-refractivity contribution is 0.0501. The lowest BCUT2D eigenvalue weighted by atomic mass is 9.91. The van der Waals surface area contributed by atoms with Crippen molar-refractivity contribution in [1.82, 2.24) is 10.2 Å². The minimum atomic E-state index is -0.168. The maximum Gasteiger partial charge on any atom is 0.318 e. The second kappa shape index (κ2) is 8.62. The highest BCUT2D eigenvalue weighted by Crippen LogP contribution is 2.34. The lowest BCUT2D eigenvalue weighted by Gasteiger charge is -2.38. The van der Waals surface area contributed by atoms with Gasteiger partial charge in [0.25, 0.3) is 0 Å². The number of carbonyl (C=O) groups is 1. The molecule has 3 rings (SSSR count). The van der Waals surface area contributed by atoms with Crippen LogP contribution in [0.4, 0.5) is 4.79 Å². The molecular weight excluding hydrogens is 332 g/mol. The standard InChI is InChI=1S/C20H30N2O4/c1-3-8-20(15-24-2)9-4-10-22(20)19(23)21-14-16-6-7-17-18(13-16)26-12-5-11-25-17/h6-7,13H,3-5,8-12,14-15H2,1-2H3,(H,21,23). The number of hydrogen-bond donors (Lipinski definition) is 1. The van der Waals surface area contributed by atoms with E-state index in [1.807, 2.05) is 23.1 Å². The molecule has 26 heavy (non-hydrogen) atoms. The first-order chi connectivity index (χ1) is 12.7. The smallest absolute Gasteiger partial charge is 0.318 e. The summed E-state index contributed by atoms with van der Waals surface area (Å²) in [5.41, 5.74) is 0.841. The molecule has 2 amide bonds. The summed E-state index contributed by atoms with van der Waals surface area (Å²) >= 11 is 0. The van der Waals surface area contributed by atoms with Crippen LogP contribution in [0.25, 0.3) is 0 Å². The van der Waals surface area contributed by atoms with E-state index in [9.17, 15) is 4.79 Å². The van der Waals surface area contributed by atoms with E-state index >= 15 is 0 Å². The third-order valence-electron chi connectivity index (χ3n) is 5.23. The molecule has 1 atom stereocenters. The quantitative estimate of drug-likeness (QED) is 0.843. The predicted molar refractivity (Wildman–Crippen MR) is 99.7 cm³/mol. The highest BCUT2D eigenvalue weighted by molar-refractivity contribution is 5.75. The van der Waals surface area contributed by atoms with E-state index in [0.29, 0.717) is 26.4 Å². The third kappa shape index (κ3) is 4.06. The van der Waals surface area contributed by atoms with Crippen LogP contribution in [0.5, 0.6) is 11.5 Å². The Labute approximate surface area is 155 Å². The summed E-state index contributed by atoms with van der Waals surface area (Å²) in [5.74, 6) is 1.54. The average molecular weight is 362 g/mol. The monoisotopic (exact) mass is 362 g/mol. The van der Waals surface area contributed by atoms with Gasteiger partial charge in [-0.2, -0.15) is 0 Å². The Hall–Kier alpha value is -1.95. The Morgan fingerprint density at radius 1 is 1.27 bits per heavy atom. The molecule has 2 aliphatic rings. The zero-order chi connectivity index (χ0) is 18.4. The van der Waals surface area contributed by atoms with Crippen molar-refractivity contribution in [2.24, 2.45) is 0 Å². The number of nitrogens with zero attached hydrogens (tertiary/aromatic N) is 1. The van der Waals surface area contributed by atoms with Gasteiger partial charge in [-0.1, -0.05) is 19.4 Å². The zero-order valence-electron chi connectivity index (χ0n) is 15.9. The number of ether oxygens (including phenoxy) is 3. The van der Waals surface area contributed by atoms with Gasteiger partial charge in [-0.15, -0.1) is 0 Å². The molecule has 0 bridgehead atoms. The summed E-state index contributed by atoms with van der Waals surface area (Å²) in [4.78, 5) is 14.8. The lowest BCUT2D eigenvalue weighted by Crippen LogP contribution is -2.53. The molecule has 0 saturated carbocycles. The molecule has 1 N–H and O–H groups in total. The van der Waals surface area contributed by atoms with E-state index in [2.05, 4.69) is 12.2 Å². The Morgan fingerprint density at radius 2 is 2.08 bits per heavy atom. The van der Waals surface area contributed by atoms with E-state index in [1.54, 1.807) is 7.11 Å². The molecule has 144 valence electrons. The van der Waals surface area contributed by atoms with Crippen molar-refractivity contribution in [3.8, 4) is 11.5 Å². The van der Waals surface area contributed by atoms with Gasteiger partial charge in [0.05, 0.1) is 25.4 Å². The molecule has 0 radical (unpaired) electrons. The first-order valence-corrected chi connectivity index (χ1v) is 9.61. The Kier molecular flexibility index (Phi) is 6.25. The van der Waals surface area contributed by atoms with E-state index in [0.717, 1.165) is 55.7 Å². The maximum absolute atomic E-state index is 12.8. The van der Waals surface area contributed by atoms with E-state index in [4.69, 9.17) is 14.2 Å². The number of likely N-dealkylation sites (tertiary alicyclic amines) is 1. The van der Waals surface area contributed by atoms with Crippen LogP contribution in [0.3, 0.4) is 0 Å². The number of amides is 2. The summed E-state index contributed by atoms with van der Waals surface area (Å²) in [6.07, 6.45) is 4.93. The Morgan fingerprint density at radius 3 is 2.85 bits per heavy atom. The van der Waals surface area contributed by atoms with Gasteiger partial charge in [0.1, 0.15) is 0 Å². The number of hydrogen-bond acceptors (Lipinski definition) is 4. The molecule has 6 heteroatoms. The fourth-order valence-electron chi connectivity index (χ4n) is 4.06. The number of urea groups is 1. The van der Waals surface area contributed by atoms with Gasteiger partial charge in [0.2, 0.25) is 0 Å². The number of carbonyl (C=O) groups excluding carboxylic acids is 1. The Bertz CT molecular complexity index is 614. The van der Waals surface area contributed by atoms with Crippen LogP contribution in [0, 0.1) is 0 Å². The summed E-state index contributed by atoms with van der Waals surface area (Å²) < 4.78 is 16.8. The molecule has 2 heterocycles. The minimum Gasteiger partial charge on any atom is -0.490 e.